The Labute approximate surface area is 178 Å². The van der Waals surface area contributed by atoms with Gasteiger partial charge in [-0.05, 0) is 30.5 Å². The molecule has 1 aliphatic heterocycles. The molecule has 0 amide bonds. The molecular formula is C22H22N6OS. The molecule has 4 heterocycles. The second kappa shape index (κ2) is 7.60. The number of pyridine rings is 1. The Kier molecular flexibility index (Phi) is 4.78. The lowest BCUT2D eigenvalue weighted by Gasteiger charge is -2.21. The van der Waals surface area contributed by atoms with Crippen LogP contribution in [0.1, 0.15) is 37.9 Å². The van der Waals surface area contributed by atoms with Gasteiger partial charge in [-0.15, -0.1) is 11.8 Å². The molecule has 5 rings (SSSR count). The Hall–Kier alpha value is -3.13. The SMILES string of the molecule is CCC1CSc2cc(C(C)Nc3ncnc4[nH]cnc34)c(-c3ccccc3)c(=O)n21. The molecular weight excluding hydrogens is 396 g/mol. The van der Waals surface area contributed by atoms with Gasteiger partial charge in [0, 0.05) is 11.8 Å². The van der Waals surface area contributed by atoms with Crippen molar-refractivity contribution < 1.29 is 0 Å². The average molecular weight is 419 g/mol. The Morgan fingerprint density at radius 3 is 2.90 bits per heavy atom. The summed E-state index contributed by atoms with van der Waals surface area (Å²) >= 11 is 1.75. The molecule has 4 aromatic rings. The van der Waals surface area contributed by atoms with Crippen molar-refractivity contribution in [3.8, 4) is 11.1 Å². The fraction of sp³-hybridized carbons (Fsp3) is 0.273. The third-order valence-electron chi connectivity index (χ3n) is 5.60. The molecule has 0 bridgehead atoms. The predicted molar refractivity (Wildman–Crippen MR) is 120 cm³/mol. The van der Waals surface area contributed by atoms with E-state index in [-0.39, 0.29) is 17.6 Å². The normalized spacial score (nSPS) is 16.5. The molecule has 1 aliphatic rings. The number of nitrogens with one attached hydrogen (secondary N) is 2. The van der Waals surface area contributed by atoms with Gasteiger partial charge in [0.15, 0.2) is 11.5 Å². The summed E-state index contributed by atoms with van der Waals surface area (Å²) in [7, 11) is 0. The first kappa shape index (κ1) is 18.9. The number of H-pyrrole nitrogens is 1. The van der Waals surface area contributed by atoms with E-state index in [9.17, 15) is 4.79 Å². The van der Waals surface area contributed by atoms with Crippen molar-refractivity contribution >= 4 is 28.7 Å². The van der Waals surface area contributed by atoms with Gasteiger partial charge in [-0.25, -0.2) is 15.0 Å². The summed E-state index contributed by atoms with van der Waals surface area (Å²) < 4.78 is 1.97. The van der Waals surface area contributed by atoms with Crippen LogP contribution in [0, 0.1) is 0 Å². The first-order valence-electron chi connectivity index (χ1n) is 10.1. The van der Waals surface area contributed by atoms with Crippen LogP contribution in [-0.2, 0) is 0 Å². The highest BCUT2D eigenvalue weighted by atomic mass is 32.2. The van der Waals surface area contributed by atoms with Gasteiger partial charge < -0.3 is 10.3 Å². The third-order valence-corrected chi connectivity index (χ3v) is 6.76. The van der Waals surface area contributed by atoms with Crippen molar-refractivity contribution in [2.45, 2.75) is 37.4 Å². The minimum atomic E-state index is -0.144. The largest absolute Gasteiger partial charge is 0.362 e. The van der Waals surface area contributed by atoms with Crippen molar-refractivity contribution in [2.75, 3.05) is 11.1 Å². The van der Waals surface area contributed by atoms with Crippen molar-refractivity contribution in [3.05, 3.63) is 65.0 Å². The summed E-state index contributed by atoms with van der Waals surface area (Å²) in [4.78, 5) is 29.6. The lowest BCUT2D eigenvalue weighted by molar-refractivity contribution is 0.505. The molecule has 2 unspecified atom stereocenters. The van der Waals surface area contributed by atoms with Crippen LogP contribution in [0.25, 0.3) is 22.3 Å². The molecule has 0 radical (unpaired) electrons. The lowest BCUT2D eigenvalue weighted by atomic mass is 9.96. The van der Waals surface area contributed by atoms with E-state index in [1.165, 1.54) is 6.33 Å². The molecule has 2 atom stereocenters. The number of anilines is 1. The number of aromatic amines is 1. The highest BCUT2D eigenvalue weighted by Crippen LogP contribution is 2.38. The quantitative estimate of drug-likeness (QED) is 0.499. The number of thioether (sulfide) groups is 1. The summed E-state index contributed by atoms with van der Waals surface area (Å²) in [5.41, 5.74) is 4.08. The number of hydrogen-bond acceptors (Lipinski definition) is 6. The van der Waals surface area contributed by atoms with Crippen LogP contribution < -0.4 is 10.9 Å². The minimum absolute atomic E-state index is 0.0757. The molecule has 2 N–H and O–H groups in total. The van der Waals surface area contributed by atoms with Crippen molar-refractivity contribution in [1.82, 2.24) is 24.5 Å². The maximum absolute atomic E-state index is 13.7. The molecule has 1 aromatic carbocycles. The maximum Gasteiger partial charge on any atom is 0.259 e. The molecule has 30 heavy (non-hydrogen) atoms. The molecule has 152 valence electrons. The van der Waals surface area contributed by atoms with Crippen LogP contribution in [0.3, 0.4) is 0 Å². The number of nitrogens with zero attached hydrogens (tertiary/aromatic N) is 4. The maximum atomic E-state index is 13.7. The van der Waals surface area contributed by atoms with Crippen LogP contribution in [0.2, 0.25) is 0 Å². The highest BCUT2D eigenvalue weighted by molar-refractivity contribution is 7.99. The molecule has 0 saturated carbocycles. The number of benzene rings is 1. The molecule has 8 heteroatoms. The Balaban J connectivity index is 1.65. The van der Waals surface area contributed by atoms with Gasteiger partial charge in [0.05, 0.1) is 23.0 Å². The minimum Gasteiger partial charge on any atom is -0.362 e. The lowest BCUT2D eigenvalue weighted by Crippen LogP contribution is -2.27. The molecule has 0 fully saturated rings. The molecule has 3 aromatic heterocycles. The summed E-state index contributed by atoms with van der Waals surface area (Å²) in [6, 6.07) is 12.2. The molecule has 0 spiro atoms. The summed E-state index contributed by atoms with van der Waals surface area (Å²) in [5.74, 6) is 1.58. The summed E-state index contributed by atoms with van der Waals surface area (Å²) in [5, 5.41) is 4.48. The first-order chi connectivity index (χ1) is 14.7. The number of imidazole rings is 1. The van der Waals surface area contributed by atoms with E-state index in [1.54, 1.807) is 18.1 Å². The monoisotopic (exact) mass is 418 g/mol. The van der Waals surface area contributed by atoms with Gasteiger partial charge in [0.2, 0.25) is 0 Å². The number of fused-ring (bicyclic) bond motifs is 2. The van der Waals surface area contributed by atoms with Crippen LogP contribution in [0.15, 0.2) is 58.9 Å². The zero-order valence-electron chi connectivity index (χ0n) is 16.8. The third kappa shape index (κ3) is 3.08. The van der Waals surface area contributed by atoms with Gasteiger partial charge in [0.1, 0.15) is 11.8 Å². The van der Waals surface area contributed by atoms with E-state index in [0.717, 1.165) is 33.9 Å². The Morgan fingerprint density at radius 1 is 1.27 bits per heavy atom. The fourth-order valence-corrected chi connectivity index (χ4v) is 5.35. The van der Waals surface area contributed by atoms with Crippen LogP contribution in [-0.4, -0.2) is 30.3 Å². The average Bonchev–Trinajstić information content (AvgIpc) is 3.41. The van der Waals surface area contributed by atoms with Crippen molar-refractivity contribution in [2.24, 2.45) is 0 Å². The van der Waals surface area contributed by atoms with E-state index < -0.39 is 0 Å². The number of aromatic nitrogens is 5. The second-order valence-electron chi connectivity index (χ2n) is 7.42. The topological polar surface area (TPSA) is 88.5 Å². The Morgan fingerprint density at radius 2 is 2.10 bits per heavy atom. The van der Waals surface area contributed by atoms with E-state index in [1.807, 2.05) is 34.9 Å². The highest BCUT2D eigenvalue weighted by Gasteiger charge is 2.28. The summed E-state index contributed by atoms with van der Waals surface area (Å²) in [6.45, 7) is 4.19. The smallest absolute Gasteiger partial charge is 0.259 e. The molecule has 7 nitrogen and oxygen atoms in total. The zero-order valence-corrected chi connectivity index (χ0v) is 17.6. The van der Waals surface area contributed by atoms with Crippen molar-refractivity contribution in [1.29, 1.82) is 0 Å². The van der Waals surface area contributed by atoms with Crippen LogP contribution in [0.5, 0.6) is 0 Å². The van der Waals surface area contributed by atoms with Gasteiger partial charge in [-0.2, -0.15) is 0 Å². The summed E-state index contributed by atoms with van der Waals surface area (Å²) in [6.07, 6.45) is 4.06. The second-order valence-corrected chi connectivity index (χ2v) is 8.46. The fourth-order valence-electron chi connectivity index (χ4n) is 4.02. The number of rotatable bonds is 5. The predicted octanol–water partition coefficient (Wildman–Crippen LogP) is 4.41. The van der Waals surface area contributed by atoms with Gasteiger partial charge in [-0.3, -0.25) is 9.36 Å². The first-order valence-corrected chi connectivity index (χ1v) is 11.0. The van der Waals surface area contributed by atoms with Crippen LogP contribution >= 0.6 is 11.8 Å². The van der Waals surface area contributed by atoms with E-state index in [0.29, 0.717) is 17.0 Å². The van der Waals surface area contributed by atoms with Gasteiger partial charge in [0.25, 0.3) is 5.56 Å². The van der Waals surface area contributed by atoms with Gasteiger partial charge in [-0.1, -0.05) is 37.3 Å². The molecule has 0 aliphatic carbocycles. The number of hydrogen-bond donors (Lipinski definition) is 2. The van der Waals surface area contributed by atoms with Crippen molar-refractivity contribution in [3.63, 3.8) is 0 Å². The van der Waals surface area contributed by atoms with Gasteiger partial charge >= 0.3 is 0 Å². The van der Waals surface area contributed by atoms with E-state index >= 15 is 0 Å². The van der Waals surface area contributed by atoms with E-state index in [2.05, 4.69) is 45.2 Å². The zero-order chi connectivity index (χ0) is 20.7. The van der Waals surface area contributed by atoms with Crippen LogP contribution in [0.4, 0.5) is 5.82 Å². The standard InChI is InChI=1S/C22H22N6OS/c1-3-15-10-30-17-9-16(18(22(29)28(15)17)14-7-5-4-6-8-14)13(2)27-21-19-20(24-11-23-19)25-12-26-21/h4-9,11-13,15H,3,10H2,1-2H3,(H2,23,24,25,26,27). The molecule has 0 saturated heterocycles. The van der Waals surface area contributed by atoms with E-state index in [4.69, 9.17) is 0 Å². The Bertz CT molecular complexity index is 1270.